The molecule has 1 aliphatic carbocycles. The number of fused-ring (bicyclic) bond motifs is 2. The lowest BCUT2D eigenvalue weighted by Crippen LogP contribution is -2.16. The van der Waals surface area contributed by atoms with Crippen molar-refractivity contribution < 1.29 is 4.79 Å². The van der Waals surface area contributed by atoms with E-state index in [0.717, 1.165) is 58.5 Å². The molecule has 5 heteroatoms. The molecule has 0 unspecified atom stereocenters. The predicted molar refractivity (Wildman–Crippen MR) is 128 cm³/mol. The third kappa shape index (κ3) is 3.87. The van der Waals surface area contributed by atoms with Crippen molar-refractivity contribution in [1.29, 1.82) is 0 Å². The largest absolute Gasteiger partial charge is 0.354 e. The number of carbonyl (C=O) groups excluding carboxylic acids is 1. The number of halogens is 1. The first-order chi connectivity index (χ1) is 15.1. The van der Waals surface area contributed by atoms with Crippen molar-refractivity contribution in [1.82, 2.24) is 4.98 Å². The highest BCUT2D eigenvalue weighted by atomic mass is 35.5. The van der Waals surface area contributed by atoms with E-state index in [-0.39, 0.29) is 5.91 Å². The minimum atomic E-state index is -0.133. The molecular weight excluding hydrogens is 406 g/mol. The molecule has 0 bridgehead atoms. The van der Waals surface area contributed by atoms with Crippen LogP contribution in [-0.4, -0.2) is 10.9 Å². The summed E-state index contributed by atoms with van der Waals surface area (Å²) in [6.45, 7) is 2.06. The van der Waals surface area contributed by atoms with Crippen molar-refractivity contribution in [2.75, 3.05) is 10.6 Å². The molecule has 0 atom stereocenters. The second-order valence-electron chi connectivity index (χ2n) is 7.92. The van der Waals surface area contributed by atoms with Crippen LogP contribution in [0.1, 0.15) is 33.6 Å². The van der Waals surface area contributed by atoms with E-state index in [0.29, 0.717) is 10.6 Å². The molecule has 0 aliphatic heterocycles. The van der Waals surface area contributed by atoms with E-state index in [1.807, 2.05) is 54.6 Å². The SMILES string of the molecule is Cc1ccc(Nc2ccccc2NC(=O)c2c3c(nc4ccc(Cl)cc24)CCC3)cc1. The number of hydrogen-bond acceptors (Lipinski definition) is 3. The zero-order valence-corrected chi connectivity index (χ0v) is 18.0. The molecule has 1 aromatic heterocycles. The third-order valence-corrected chi connectivity index (χ3v) is 5.94. The van der Waals surface area contributed by atoms with Gasteiger partial charge >= 0.3 is 0 Å². The molecule has 0 saturated heterocycles. The topological polar surface area (TPSA) is 54.0 Å². The van der Waals surface area contributed by atoms with Crippen molar-refractivity contribution in [2.45, 2.75) is 26.2 Å². The lowest BCUT2D eigenvalue weighted by molar-refractivity contribution is 0.102. The number of aromatic nitrogens is 1. The Bertz CT molecular complexity index is 1300. The molecular formula is C26H22ClN3O. The summed E-state index contributed by atoms with van der Waals surface area (Å²) in [7, 11) is 0. The van der Waals surface area contributed by atoms with E-state index in [1.165, 1.54) is 5.56 Å². The fourth-order valence-electron chi connectivity index (χ4n) is 4.17. The summed E-state index contributed by atoms with van der Waals surface area (Å²) in [6.07, 6.45) is 2.77. The number of anilines is 3. The van der Waals surface area contributed by atoms with Gasteiger partial charge in [-0.15, -0.1) is 0 Å². The Morgan fingerprint density at radius 2 is 1.74 bits per heavy atom. The van der Waals surface area contributed by atoms with Crippen LogP contribution in [0.2, 0.25) is 5.02 Å². The summed E-state index contributed by atoms with van der Waals surface area (Å²) in [5, 5.41) is 7.93. The summed E-state index contributed by atoms with van der Waals surface area (Å²) in [5.41, 5.74) is 7.28. The number of rotatable bonds is 4. The van der Waals surface area contributed by atoms with Crippen molar-refractivity contribution in [3.8, 4) is 0 Å². The number of nitrogens with one attached hydrogen (secondary N) is 2. The molecule has 2 N–H and O–H groups in total. The van der Waals surface area contributed by atoms with E-state index in [2.05, 4.69) is 29.7 Å². The number of carbonyl (C=O) groups is 1. The van der Waals surface area contributed by atoms with E-state index < -0.39 is 0 Å². The monoisotopic (exact) mass is 427 g/mol. The molecule has 0 radical (unpaired) electrons. The maximum Gasteiger partial charge on any atom is 0.256 e. The lowest BCUT2D eigenvalue weighted by Gasteiger charge is -2.16. The normalized spacial score (nSPS) is 12.6. The second-order valence-corrected chi connectivity index (χ2v) is 8.35. The van der Waals surface area contributed by atoms with Crippen LogP contribution >= 0.6 is 11.6 Å². The molecule has 1 aliphatic rings. The van der Waals surface area contributed by atoms with Crippen LogP contribution in [0.3, 0.4) is 0 Å². The van der Waals surface area contributed by atoms with Crippen LogP contribution in [0.25, 0.3) is 10.9 Å². The van der Waals surface area contributed by atoms with Crippen LogP contribution in [0.5, 0.6) is 0 Å². The van der Waals surface area contributed by atoms with Gasteiger partial charge in [-0.25, -0.2) is 0 Å². The number of benzene rings is 3. The van der Waals surface area contributed by atoms with Crippen molar-refractivity contribution in [2.24, 2.45) is 0 Å². The fourth-order valence-corrected chi connectivity index (χ4v) is 4.34. The van der Waals surface area contributed by atoms with Gasteiger partial charge in [-0.05, 0) is 74.2 Å². The summed E-state index contributed by atoms with van der Waals surface area (Å²) in [6, 6.07) is 21.5. The average Bonchev–Trinajstić information content (AvgIpc) is 3.23. The van der Waals surface area contributed by atoms with Gasteiger partial charge in [-0.2, -0.15) is 0 Å². The molecule has 1 amide bonds. The summed E-state index contributed by atoms with van der Waals surface area (Å²) >= 11 is 6.26. The smallest absolute Gasteiger partial charge is 0.256 e. The number of pyridine rings is 1. The summed E-state index contributed by atoms with van der Waals surface area (Å²) in [5.74, 6) is -0.133. The minimum absolute atomic E-state index is 0.133. The quantitative estimate of drug-likeness (QED) is 0.382. The lowest BCUT2D eigenvalue weighted by atomic mass is 10.0. The minimum Gasteiger partial charge on any atom is -0.354 e. The van der Waals surface area contributed by atoms with Crippen LogP contribution in [0.15, 0.2) is 66.7 Å². The number of nitrogens with zero attached hydrogens (tertiary/aromatic N) is 1. The predicted octanol–water partition coefficient (Wildman–Crippen LogP) is 6.68. The van der Waals surface area contributed by atoms with Gasteiger partial charge in [0.25, 0.3) is 5.91 Å². The highest BCUT2D eigenvalue weighted by molar-refractivity contribution is 6.31. The molecule has 3 aromatic carbocycles. The van der Waals surface area contributed by atoms with Crippen molar-refractivity contribution >= 4 is 45.5 Å². The molecule has 4 nitrogen and oxygen atoms in total. The van der Waals surface area contributed by atoms with Crippen molar-refractivity contribution in [3.05, 3.63) is 94.1 Å². The Labute approximate surface area is 186 Å². The Hall–Kier alpha value is -3.37. The third-order valence-electron chi connectivity index (χ3n) is 5.71. The van der Waals surface area contributed by atoms with Gasteiger partial charge < -0.3 is 10.6 Å². The van der Waals surface area contributed by atoms with E-state index >= 15 is 0 Å². The maximum atomic E-state index is 13.5. The molecule has 0 saturated carbocycles. The molecule has 0 spiro atoms. The molecule has 4 aromatic rings. The van der Waals surface area contributed by atoms with Gasteiger partial charge in [0, 0.05) is 21.8 Å². The fraction of sp³-hybridized carbons (Fsp3) is 0.154. The first-order valence-corrected chi connectivity index (χ1v) is 10.8. The van der Waals surface area contributed by atoms with Gasteiger partial charge in [-0.1, -0.05) is 41.4 Å². The molecule has 0 fully saturated rings. The van der Waals surface area contributed by atoms with E-state index in [4.69, 9.17) is 16.6 Å². The van der Waals surface area contributed by atoms with Crippen LogP contribution < -0.4 is 10.6 Å². The van der Waals surface area contributed by atoms with Crippen LogP contribution in [-0.2, 0) is 12.8 Å². The van der Waals surface area contributed by atoms with Gasteiger partial charge in [-0.3, -0.25) is 9.78 Å². The number of aryl methyl sites for hydroxylation is 2. The first kappa shape index (κ1) is 19.6. The van der Waals surface area contributed by atoms with Gasteiger partial charge in [0.15, 0.2) is 0 Å². The zero-order chi connectivity index (χ0) is 21.4. The maximum absolute atomic E-state index is 13.5. The molecule has 31 heavy (non-hydrogen) atoms. The number of hydrogen-bond donors (Lipinski definition) is 2. The molecule has 5 rings (SSSR count). The van der Waals surface area contributed by atoms with Gasteiger partial charge in [0.05, 0.1) is 22.5 Å². The number of amides is 1. The van der Waals surface area contributed by atoms with E-state index in [1.54, 1.807) is 0 Å². The van der Waals surface area contributed by atoms with Gasteiger partial charge in [0.1, 0.15) is 0 Å². The van der Waals surface area contributed by atoms with Gasteiger partial charge in [0.2, 0.25) is 0 Å². The highest BCUT2D eigenvalue weighted by Crippen LogP contribution is 2.33. The Kier molecular flexibility index (Phi) is 5.08. The standard InChI is InChI=1S/C26H22ClN3O/c1-16-9-12-18(13-10-16)28-23-6-2-3-7-24(23)30-26(31)25-19-5-4-8-21(19)29-22-14-11-17(27)15-20(22)25/h2-3,6-7,9-15,28H,4-5,8H2,1H3,(H,30,31). The Balaban J connectivity index is 1.52. The molecule has 154 valence electrons. The zero-order valence-electron chi connectivity index (χ0n) is 17.2. The highest BCUT2D eigenvalue weighted by Gasteiger charge is 2.24. The summed E-state index contributed by atoms with van der Waals surface area (Å²) in [4.78, 5) is 18.3. The first-order valence-electron chi connectivity index (χ1n) is 10.4. The second kappa shape index (κ2) is 8.05. The Morgan fingerprint density at radius 1 is 0.968 bits per heavy atom. The summed E-state index contributed by atoms with van der Waals surface area (Å²) < 4.78 is 0. The Morgan fingerprint density at radius 3 is 2.55 bits per heavy atom. The van der Waals surface area contributed by atoms with Crippen molar-refractivity contribution in [3.63, 3.8) is 0 Å². The average molecular weight is 428 g/mol. The molecule has 1 heterocycles. The van der Waals surface area contributed by atoms with E-state index in [9.17, 15) is 4.79 Å². The number of para-hydroxylation sites is 2. The van der Waals surface area contributed by atoms with Crippen LogP contribution in [0, 0.1) is 6.92 Å². The van der Waals surface area contributed by atoms with Crippen LogP contribution in [0.4, 0.5) is 17.1 Å².